The van der Waals surface area contributed by atoms with E-state index < -0.39 is 11.5 Å². The van der Waals surface area contributed by atoms with Crippen molar-refractivity contribution in [3.05, 3.63) is 24.3 Å². The van der Waals surface area contributed by atoms with Gasteiger partial charge in [0.15, 0.2) is 0 Å². The van der Waals surface area contributed by atoms with E-state index in [0.717, 1.165) is 0 Å². The molecular weight excluding hydrogens is 220 g/mol. The van der Waals surface area contributed by atoms with Gasteiger partial charge < -0.3 is 15.7 Å². The molecule has 0 saturated heterocycles. The minimum absolute atomic E-state index is 0.142. The highest BCUT2D eigenvalue weighted by molar-refractivity contribution is 5.89. The van der Waals surface area contributed by atoms with Crippen LogP contribution in [0.2, 0.25) is 0 Å². The fraction of sp³-hybridized carbons (Fsp3) is 0.333. The van der Waals surface area contributed by atoms with E-state index in [2.05, 4.69) is 10.6 Å². The zero-order chi connectivity index (χ0) is 13.1. The number of anilines is 2. The third-order valence-corrected chi connectivity index (χ3v) is 2.20. The number of carboxylic acids is 1. The molecule has 0 radical (unpaired) electrons. The van der Waals surface area contributed by atoms with Gasteiger partial charge >= 0.3 is 5.97 Å². The fourth-order valence-corrected chi connectivity index (χ4v) is 1.25. The monoisotopic (exact) mass is 236 g/mol. The van der Waals surface area contributed by atoms with E-state index in [-0.39, 0.29) is 5.91 Å². The maximum Gasteiger partial charge on any atom is 0.328 e. The van der Waals surface area contributed by atoms with E-state index in [9.17, 15) is 9.59 Å². The Balaban J connectivity index is 2.75. The minimum atomic E-state index is -1.03. The van der Waals surface area contributed by atoms with Gasteiger partial charge in [-0.15, -0.1) is 0 Å². The van der Waals surface area contributed by atoms with Gasteiger partial charge in [0.25, 0.3) is 0 Å². The lowest BCUT2D eigenvalue weighted by Crippen LogP contribution is -2.39. The number of rotatable bonds is 4. The summed E-state index contributed by atoms with van der Waals surface area (Å²) in [4.78, 5) is 21.7. The zero-order valence-corrected chi connectivity index (χ0v) is 10.1. The van der Waals surface area contributed by atoms with E-state index in [4.69, 9.17) is 5.11 Å². The molecule has 0 aliphatic heterocycles. The smallest absolute Gasteiger partial charge is 0.328 e. The number of aliphatic carboxylic acids is 1. The lowest BCUT2D eigenvalue weighted by Gasteiger charge is -2.22. The summed E-state index contributed by atoms with van der Waals surface area (Å²) in [5, 5.41) is 14.5. The summed E-state index contributed by atoms with van der Waals surface area (Å²) in [6.07, 6.45) is 0. The first-order valence-corrected chi connectivity index (χ1v) is 5.20. The van der Waals surface area contributed by atoms with Gasteiger partial charge in [-0.05, 0) is 38.1 Å². The van der Waals surface area contributed by atoms with Gasteiger partial charge in [0.1, 0.15) is 5.54 Å². The predicted molar refractivity (Wildman–Crippen MR) is 66.1 cm³/mol. The third-order valence-electron chi connectivity index (χ3n) is 2.20. The Morgan fingerprint density at radius 2 is 1.59 bits per heavy atom. The van der Waals surface area contributed by atoms with Gasteiger partial charge in [-0.25, -0.2) is 4.79 Å². The first kappa shape index (κ1) is 13.0. The van der Waals surface area contributed by atoms with E-state index in [1.807, 2.05) is 0 Å². The van der Waals surface area contributed by atoms with Crippen molar-refractivity contribution in [1.29, 1.82) is 0 Å². The van der Waals surface area contributed by atoms with Gasteiger partial charge in [0.2, 0.25) is 5.91 Å². The van der Waals surface area contributed by atoms with Crippen LogP contribution in [0.15, 0.2) is 24.3 Å². The molecule has 0 spiro atoms. The number of hydrogen-bond donors (Lipinski definition) is 3. The number of carboxylic acid groups (broad SMARTS) is 1. The maximum absolute atomic E-state index is 10.9. The molecule has 17 heavy (non-hydrogen) atoms. The molecule has 3 N–H and O–H groups in total. The van der Waals surface area contributed by atoms with Crippen molar-refractivity contribution < 1.29 is 14.7 Å². The lowest BCUT2D eigenvalue weighted by molar-refractivity contribution is -0.141. The molecule has 0 aliphatic rings. The molecule has 1 aromatic carbocycles. The number of carbonyl (C=O) groups is 2. The van der Waals surface area contributed by atoms with Crippen LogP contribution in [-0.4, -0.2) is 22.5 Å². The Bertz CT molecular complexity index is 424. The van der Waals surface area contributed by atoms with E-state index in [1.54, 1.807) is 38.1 Å². The van der Waals surface area contributed by atoms with Crippen LogP contribution in [0.25, 0.3) is 0 Å². The second-order valence-electron chi connectivity index (χ2n) is 4.31. The van der Waals surface area contributed by atoms with Crippen LogP contribution < -0.4 is 10.6 Å². The Hall–Kier alpha value is -2.04. The maximum atomic E-state index is 10.9. The summed E-state index contributed by atoms with van der Waals surface area (Å²) < 4.78 is 0. The summed E-state index contributed by atoms with van der Waals surface area (Å²) in [5.41, 5.74) is 0.331. The van der Waals surface area contributed by atoms with Crippen molar-refractivity contribution in [3.8, 4) is 0 Å². The highest BCUT2D eigenvalue weighted by Gasteiger charge is 2.26. The predicted octanol–water partition coefficient (Wildman–Crippen LogP) is 1.92. The van der Waals surface area contributed by atoms with Crippen LogP contribution in [0.3, 0.4) is 0 Å². The Labute approximate surface area is 99.8 Å². The molecular formula is C12H16N2O3. The Morgan fingerprint density at radius 1 is 1.12 bits per heavy atom. The van der Waals surface area contributed by atoms with E-state index >= 15 is 0 Å². The van der Waals surface area contributed by atoms with E-state index in [1.165, 1.54) is 6.92 Å². The number of hydrogen-bond acceptors (Lipinski definition) is 3. The topological polar surface area (TPSA) is 78.4 Å². The quantitative estimate of drug-likeness (QED) is 0.746. The zero-order valence-electron chi connectivity index (χ0n) is 10.1. The highest BCUT2D eigenvalue weighted by atomic mass is 16.4. The molecule has 0 heterocycles. The second kappa shape index (κ2) is 4.86. The summed E-state index contributed by atoms with van der Waals surface area (Å²) >= 11 is 0. The van der Waals surface area contributed by atoms with Gasteiger partial charge in [0, 0.05) is 18.3 Å². The fourth-order valence-electron chi connectivity index (χ4n) is 1.25. The Morgan fingerprint density at radius 3 is 2.00 bits per heavy atom. The molecule has 0 atom stereocenters. The molecule has 1 aromatic rings. The molecule has 0 unspecified atom stereocenters. The standard InChI is InChI=1S/C12H16N2O3/c1-8(15)13-9-4-6-10(7-5-9)14-12(2,3)11(16)17/h4-7,14H,1-3H3,(H,13,15)(H,16,17). The molecule has 0 bridgehead atoms. The average Bonchev–Trinajstić information content (AvgIpc) is 2.19. The van der Waals surface area contributed by atoms with Crippen LogP contribution in [-0.2, 0) is 9.59 Å². The lowest BCUT2D eigenvalue weighted by atomic mass is 10.1. The van der Waals surface area contributed by atoms with Crippen LogP contribution >= 0.6 is 0 Å². The molecule has 0 saturated carbocycles. The van der Waals surface area contributed by atoms with Gasteiger partial charge in [-0.3, -0.25) is 4.79 Å². The largest absolute Gasteiger partial charge is 0.480 e. The van der Waals surface area contributed by atoms with E-state index in [0.29, 0.717) is 11.4 Å². The van der Waals surface area contributed by atoms with Crippen molar-refractivity contribution in [3.63, 3.8) is 0 Å². The Kier molecular flexibility index (Phi) is 3.73. The van der Waals surface area contributed by atoms with Crippen molar-refractivity contribution in [2.75, 3.05) is 10.6 Å². The van der Waals surface area contributed by atoms with Gasteiger partial charge in [-0.2, -0.15) is 0 Å². The number of amides is 1. The van der Waals surface area contributed by atoms with Crippen molar-refractivity contribution in [2.24, 2.45) is 0 Å². The number of nitrogens with one attached hydrogen (secondary N) is 2. The normalized spacial score (nSPS) is 10.8. The average molecular weight is 236 g/mol. The summed E-state index contributed by atoms with van der Waals surface area (Å²) in [6.45, 7) is 4.59. The molecule has 92 valence electrons. The molecule has 0 fully saturated rings. The number of benzene rings is 1. The van der Waals surface area contributed by atoms with Gasteiger partial charge in [-0.1, -0.05) is 0 Å². The molecule has 5 heteroatoms. The molecule has 0 aliphatic carbocycles. The molecule has 0 aromatic heterocycles. The first-order chi connectivity index (χ1) is 7.81. The van der Waals surface area contributed by atoms with Crippen LogP contribution in [0.1, 0.15) is 20.8 Å². The highest BCUT2D eigenvalue weighted by Crippen LogP contribution is 2.18. The molecule has 1 amide bonds. The van der Waals surface area contributed by atoms with Crippen molar-refractivity contribution >= 4 is 23.3 Å². The van der Waals surface area contributed by atoms with Crippen LogP contribution in [0.4, 0.5) is 11.4 Å². The van der Waals surface area contributed by atoms with Crippen molar-refractivity contribution in [1.82, 2.24) is 0 Å². The minimum Gasteiger partial charge on any atom is -0.480 e. The third kappa shape index (κ3) is 3.79. The summed E-state index contributed by atoms with van der Waals surface area (Å²) in [6, 6.07) is 6.86. The summed E-state index contributed by atoms with van der Waals surface area (Å²) in [5.74, 6) is -1.07. The molecule has 1 rings (SSSR count). The van der Waals surface area contributed by atoms with Crippen molar-refractivity contribution in [2.45, 2.75) is 26.3 Å². The summed E-state index contributed by atoms with van der Waals surface area (Å²) in [7, 11) is 0. The SMILES string of the molecule is CC(=O)Nc1ccc(NC(C)(C)C(=O)O)cc1. The van der Waals surface area contributed by atoms with Gasteiger partial charge in [0.05, 0.1) is 0 Å². The molecule has 5 nitrogen and oxygen atoms in total. The number of carbonyl (C=O) groups excluding carboxylic acids is 1. The van der Waals surface area contributed by atoms with Crippen LogP contribution in [0, 0.1) is 0 Å². The van der Waals surface area contributed by atoms with Crippen LogP contribution in [0.5, 0.6) is 0 Å². The second-order valence-corrected chi connectivity index (χ2v) is 4.31. The first-order valence-electron chi connectivity index (χ1n) is 5.20.